The number of ether oxygens (including phenoxy) is 1. The van der Waals surface area contributed by atoms with Gasteiger partial charge in [-0.2, -0.15) is 0 Å². The fourth-order valence-corrected chi connectivity index (χ4v) is 3.56. The van der Waals surface area contributed by atoms with E-state index in [4.69, 9.17) is 0 Å². The minimum absolute atomic E-state index is 0.105. The predicted molar refractivity (Wildman–Crippen MR) is 72.7 cm³/mol. The maximum Gasteiger partial charge on any atom is 0.358 e. The van der Waals surface area contributed by atoms with Crippen molar-refractivity contribution in [3.05, 3.63) is 11.2 Å². The Kier molecular flexibility index (Phi) is 5.05. The molecule has 1 heterocycles. The second-order valence-corrected chi connectivity index (χ2v) is 7.64. The first-order valence-electron chi connectivity index (χ1n) is 5.75. The van der Waals surface area contributed by atoms with Gasteiger partial charge in [-0.3, -0.25) is 0 Å². The molecule has 0 aromatic carbocycles. The van der Waals surface area contributed by atoms with Gasteiger partial charge in [-0.05, 0) is 11.8 Å². The molecule has 0 radical (unpaired) electrons. The molecule has 0 aliphatic heterocycles. The summed E-state index contributed by atoms with van der Waals surface area (Å²) in [6.07, 6.45) is 0.835. The average Bonchev–Trinajstić information content (AvgIpc) is 2.86. The van der Waals surface area contributed by atoms with Crippen molar-refractivity contribution in [1.29, 1.82) is 0 Å². The van der Waals surface area contributed by atoms with Crippen LogP contribution >= 0.6 is 11.3 Å². The highest BCUT2D eigenvalue weighted by Gasteiger charge is 2.28. The van der Waals surface area contributed by atoms with Gasteiger partial charge in [0.25, 0.3) is 10.0 Å². The van der Waals surface area contributed by atoms with E-state index in [-0.39, 0.29) is 15.3 Å². The van der Waals surface area contributed by atoms with Gasteiger partial charge in [0.15, 0.2) is 9.90 Å². The van der Waals surface area contributed by atoms with Crippen LogP contribution in [0.25, 0.3) is 0 Å². The number of thiazole rings is 1. The Morgan fingerprint density at radius 3 is 2.68 bits per heavy atom. The van der Waals surface area contributed by atoms with E-state index in [2.05, 4.69) is 14.4 Å². The second-order valence-electron chi connectivity index (χ2n) is 4.82. The number of carbonyl (C=O) groups excluding carboxylic acids is 1. The van der Waals surface area contributed by atoms with E-state index in [0.717, 1.165) is 17.8 Å². The topological polar surface area (TPSA) is 85.4 Å². The van der Waals surface area contributed by atoms with Gasteiger partial charge in [-0.15, -0.1) is 11.3 Å². The number of aromatic nitrogens is 1. The van der Waals surface area contributed by atoms with E-state index in [0.29, 0.717) is 6.54 Å². The second kappa shape index (κ2) is 5.98. The van der Waals surface area contributed by atoms with Gasteiger partial charge in [-0.25, -0.2) is 22.9 Å². The van der Waals surface area contributed by atoms with Crippen LogP contribution in [0, 0.1) is 5.41 Å². The number of methoxy groups -OCH3 is 1. The Balaban J connectivity index is 2.96. The van der Waals surface area contributed by atoms with Crippen LogP contribution in [-0.4, -0.2) is 33.0 Å². The lowest BCUT2D eigenvalue weighted by molar-refractivity contribution is 0.0590. The van der Waals surface area contributed by atoms with Crippen molar-refractivity contribution in [1.82, 2.24) is 9.71 Å². The summed E-state index contributed by atoms with van der Waals surface area (Å²) in [5.41, 5.74) is 0.990. The molecule has 8 heteroatoms. The van der Waals surface area contributed by atoms with Gasteiger partial charge in [0.2, 0.25) is 0 Å². The molecule has 6 nitrogen and oxygen atoms in total. The molecule has 1 N–H and O–H groups in total. The number of hydrogen-bond acceptors (Lipinski definition) is 6. The van der Waals surface area contributed by atoms with Crippen LogP contribution in [0.1, 0.15) is 37.7 Å². The molecule has 0 amide bonds. The Morgan fingerprint density at radius 1 is 1.53 bits per heavy atom. The van der Waals surface area contributed by atoms with Gasteiger partial charge in [0, 0.05) is 6.54 Å². The van der Waals surface area contributed by atoms with Crippen molar-refractivity contribution in [3.63, 3.8) is 0 Å². The van der Waals surface area contributed by atoms with Crippen molar-refractivity contribution in [2.45, 2.75) is 31.4 Å². The summed E-state index contributed by atoms with van der Waals surface area (Å²) in [6, 6.07) is 0. The molecule has 0 atom stereocenters. The van der Waals surface area contributed by atoms with Crippen LogP contribution < -0.4 is 4.72 Å². The standard InChI is InChI=1S/C11H18N2O4S2/c1-5-11(2,3)6-13-19(15,16)10-8(9(14)17-4)12-7-18-10/h7,13H,5-6H2,1-4H3. The third kappa shape index (κ3) is 3.99. The zero-order valence-corrected chi connectivity index (χ0v) is 13.0. The highest BCUT2D eigenvalue weighted by atomic mass is 32.2. The largest absolute Gasteiger partial charge is 0.464 e. The highest BCUT2D eigenvalue weighted by molar-refractivity contribution is 7.91. The van der Waals surface area contributed by atoms with Crippen LogP contribution in [0.3, 0.4) is 0 Å². The summed E-state index contributed by atoms with van der Waals surface area (Å²) in [5.74, 6) is -0.753. The number of esters is 1. The highest BCUT2D eigenvalue weighted by Crippen LogP contribution is 2.23. The first-order chi connectivity index (χ1) is 8.73. The van der Waals surface area contributed by atoms with Crippen molar-refractivity contribution >= 4 is 27.3 Å². The van der Waals surface area contributed by atoms with E-state index in [9.17, 15) is 13.2 Å². The molecular weight excluding hydrogens is 288 g/mol. The molecule has 0 saturated heterocycles. The maximum absolute atomic E-state index is 12.1. The molecule has 19 heavy (non-hydrogen) atoms. The first kappa shape index (κ1) is 16.1. The van der Waals surface area contributed by atoms with Gasteiger partial charge >= 0.3 is 5.97 Å². The Bertz CT molecular complexity index is 549. The Hall–Kier alpha value is -0.990. The van der Waals surface area contributed by atoms with Crippen molar-refractivity contribution in [2.75, 3.05) is 13.7 Å². The molecule has 0 aliphatic rings. The first-order valence-corrected chi connectivity index (χ1v) is 8.11. The van der Waals surface area contributed by atoms with Gasteiger partial charge in [0.1, 0.15) is 0 Å². The van der Waals surface area contributed by atoms with Crippen LogP contribution in [0.15, 0.2) is 9.72 Å². The lowest BCUT2D eigenvalue weighted by atomic mass is 9.91. The zero-order valence-electron chi connectivity index (χ0n) is 11.4. The summed E-state index contributed by atoms with van der Waals surface area (Å²) in [7, 11) is -2.55. The molecule has 0 fully saturated rings. The van der Waals surface area contributed by atoms with E-state index in [1.807, 2.05) is 20.8 Å². The van der Waals surface area contributed by atoms with Crippen LogP contribution in [0.5, 0.6) is 0 Å². The summed E-state index contributed by atoms with van der Waals surface area (Å²) in [5, 5.41) is 0. The third-order valence-electron chi connectivity index (χ3n) is 2.86. The number of hydrogen-bond donors (Lipinski definition) is 1. The minimum atomic E-state index is -3.74. The quantitative estimate of drug-likeness (QED) is 0.808. The van der Waals surface area contributed by atoms with E-state index >= 15 is 0 Å². The van der Waals surface area contributed by atoms with Crippen LogP contribution in [-0.2, 0) is 14.8 Å². The van der Waals surface area contributed by atoms with Crippen molar-refractivity contribution in [2.24, 2.45) is 5.41 Å². The minimum Gasteiger partial charge on any atom is -0.464 e. The molecule has 0 bridgehead atoms. The van der Waals surface area contributed by atoms with Gasteiger partial charge in [0.05, 0.1) is 12.6 Å². The smallest absolute Gasteiger partial charge is 0.358 e. The zero-order chi connectivity index (χ0) is 14.7. The lowest BCUT2D eigenvalue weighted by Gasteiger charge is -2.22. The molecule has 0 saturated carbocycles. The third-order valence-corrected chi connectivity index (χ3v) is 5.63. The summed E-state index contributed by atoms with van der Waals surface area (Å²) < 4.78 is 31.2. The normalized spacial score (nSPS) is 12.4. The number of nitrogens with zero attached hydrogens (tertiary/aromatic N) is 1. The molecule has 108 valence electrons. The SMILES string of the molecule is CCC(C)(C)CNS(=O)(=O)c1scnc1C(=O)OC. The Labute approximate surface area is 117 Å². The van der Waals surface area contributed by atoms with Gasteiger partial charge < -0.3 is 4.74 Å². The monoisotopic (exact) mass is 306 g/mol. The molecule has 1 aromatic rings. The number of sulfonamides is 1. The maximum atomic E-state index is 12.1. The fraction of sp³-hybridized carbons (Fsp3) is 0.636. The van der Waals surface area contributed by atoms with Gasteiger partial charge in [-0.1, -0.05) is 20.8 Å². The van der Waals surface area contributed by atoms with Crippen LogP contribution in [0.4, 0.5) is 0 Å². The number of nitrogens with one attached hydrogen (secondary N) is 1. The summed E-state index contributed by atoms with van der Waals surface area (Å²) in [6.45, 7) is 6.21. The number of carbonyl (C=O) groups is 1. The average molecular weight is 306 g/mol. The molecule has 1 rings (SSSR count). The fourth-order valence-electron chi connectivity index (χ4n) is 1.14. The van der Waals surface area contributed by atoms with E-state index < -0.39 is 16.0 Å². The van der Waals surface area contributed by atoms with E-state index in [1.54, 1.807) is 0 Å². The van der Waals surface area contributed by atoms with Crippen molar-refractivity contribution < 1.29 is 17.9 Å². The molecule has 0 spiro atoms. The van der Waals surface area contributed by atoms with Crippen molar-refractivity contribution in [3.8, 4) is 0 Å². The van der Waals surface area contributed by atoms with Crippen LogP contribution in [0.2, 0.25) is 0 Å². The lowest BCUT2D eigenvalue weighted by Crippen LogP contribution is -2.34. The number of rotatable bonds is 6. The predicted octanol–water partition coefficient (Wildman–Crippen LogP) is 1.64. The molecule has 0 aliphatic carbocycles. The molecule has 1 aromatic heterocycles. The molecular formula is C11H18N2O4S2. The summed E-state index contributed by atoms with van der Waals surface area (Å²) >= 11 is 0.896. The van der Waals surface area contributed by atoms with E-state index in [1.165, 1.54) is 12.6 Å². The Morgan fingerprint density at radius 2 is 2.16 bits per heavy atom. The summed E-state index contributed by atoms with van der Waals surface area (Å²) in [4.78, 5) is 15.2. The molecule has 0 unspecified atom stereocenters.